The molecule has 2 rings (SSSR count). The van der Waals surface area contributed by atoms with E-state index in [2.05, 4.69) is 57.1 Å². The summed E-state index contributed by atoms with van der Waals surface area (Å²) in [5.41, 5.74) is 4.70. The Labute approximate surface area is 121 Å². The van der Waals surface area contributed by atoms with E-state index in [1.54, 1.807) is 0 Å². The van der Waals surface area contributed by atoms with E-state index in [0.29, 0.717) is 12.5 Å². The summed E-state index contributed by atoms with van der Waals surface area (Å²) in [4.78, 5) is 0. The first-order valence-corrected chi connectivity index (χ1v) is 7.26. The van der Waals surface area contributed by atoms with Crippen molar-refractivity contribution in [2.24, 2.45) is 7.05 Å². The standard InChI is InChI=1S/C17H24N2O/c1-6-15-10-16(19(5)18-15)11-20-17-9-14(12(2)3)8-7-13(17)4/h7-10,12H,6,11H2,1-5H3. The lowest BCUT2D eigenvalue weighted by atomic mass is 10.0. The Balaban J connectivity index is 2.13. The highest BCUT2D eigenvalue weighted by molar-refractivity contribution is 5.37. The van der Waals surface area contributed by atoms with Crippen molar-refractivity contribution in [3.63, 3.8) is 0 Å². The molecule has 1 aromatic heterocycles. The maximum atomic E-state index is 5.99. The molecule has 1 heterocycles. The summed E-state index contributed by atoms with van der Waals surface area (Å²) >= 11 is 0. The van der Waals surface area contributed by atoms with Crippen LogP contribution in [0, 0.1) is 6.92 Å². The summed E-state index contributed by atoms with van der Waals surface area (Å²) in [5, 5.41) is 4.45. The fraction of sp³-hybridized carbons (Fsp3) is 0.471. The van der Waals surface area contributed by atoms with Crippen LogP contribution in [-0.2, 0) is 20.1 Å². The van der Waals surface area contributed by atoms with Crippen molar-refractivity contribution in [1.29, 1.82) is 0 Å². The van der Waals surface area contributed by atoms with Crippen molar-refractivity contribution in [1.82, 2.24) is 9.78 Å². The maximum absolute atomic E-state index is 5.99. The van der Waals surface area contributed by atoms with E-state index in [1.165, 1.54) is 11.1 Å². The SMILES string of the molecule is CCc1cc(COc2cc(C(C)C)ccc2C)n(C)n1. The quantitative estimate of drug-likeness (QED) is 0.822. The molecule has 0 aliphatic rings. The largest absolute Gasteiger partial charge is 0.487 e. The van der Waals surface area contributed by atoms with Gasteiger partial charge >= 0.3 is 0 Å². The van der Waals surface area contributed by atoms with E-state index in [-0.39, 0.29) is 0 Å². The molecule has 0 radical (unpaired) electrons. The van der Waals surface area contributed by atoms with Crippen LogP contribution in [0.15, 0.2) is 24.3 Å². The van der Waals surface area contributed by atoms with Crippen LogP contribution in [0.4, 0.5) is 0 Å². The molecule has 0 spiro atoms. The molecule has 0 amide bonds. The molecule has 2 aromatic rings. The zero-order chi connectivity index (χ0) is 14.7. The van der Waals surface area contributed by atoms with Gasteiger partial charge in [-0.15, -0.1) is 0 Å². The fourth-order valence-corrected chi connectivity index (χ4v) is 2.16. The van der Waals surface area contributed by atoms with E-state index in [4.69, 9.17) is 4.74 Å². The third-order valence-electron chi connectivity index (χ3n) is 3.64. The second-order valence-electron chi connectivity index (χ2n) is 5.57. The molecule has 0 bridgehead atoms. The molecule has 3 nitrogen and oxygen atoms in total. The van der Waals surface area contributed by atoms with Gasteiger partial charge in [-0.25, -0.2) is 0 Å². The third kappa shape index (κ3) is 3.21. The number of rotatable bonds is 5. The summed E-state index contributed by atoms with van der Waals surface area (Å²) in [5.74, 6) is 1.48. The fourth-order valence-electron chi connectivity index (χ4n) is 2.16. The molecule has 0 unspecified atom stereocenters. The molecule has 3 heteroatoms. The summed E-state index contributed by atoms with van der Waals surface area (Å²) in [7, 11) is 1.97. The van der Waals surface area contributed by atoms with Gasteiger partial charge in [0.2, 0.25) is 0 Å². The first-order chi connectivity index (χ1) is 9.51. The van der Waals surface area contributed by atoms with Gasteiger partial charge in [0.25, 0.3) is 0 Å². The van der Waals surface area contributed by atoms with Gasteiger partial charge in [0, 0.05) is 7.05 Å². The Hall–Kier alpha value is -1.77. The monoisotopic (exact) mass is 272 g/mol. The lowest BCUT2D eigenvalue weighted by molar-refractivity contribution is 0.292. The average Bonchev–Trinajstić information content (AvgIpc) is 2.78. The first-order valence-electron chi connectivity index (χ1n) is 7.26. The van der Waals surface area contributed by atoms with Crippen LogP contribution in [0.5, 0.6) is 5.75 Å². The zero-order valence-electron chi connectivity index (χ0n) is 13.1. The van der Waals surface area contributed by atoms with Gasteiger partial charge in [-0.05, 0) is 42.5 Å². The number of ether oxygens (including phenoxy) is 1. The highest BCUT2D eigenvalue weighted by atomic mass is 16.5. The summed E-state index contributed by atoms with van der Waals surface area (Å²) in [6.45, 7) is 9.15. The number of hydrogen-bond donors (Lipinski definition) is 0. The average molecular weight is 272 g/mol. The second-order valence-corrected chi connectivity index (χ2v) is 5.57. The summed E-state index contributed by atoms with van der Waals surface area (Å²) < 4.78 is 7.89. The van der Waals surface area contributed by atoms with Crippen LogP contribution in [0.2, 0.25) is 0 Å². The van der Waals surface area contributed by atoms with Gasteiger partial charge in [0.15, 0.2) is 0 Å². The predicted molar refractivity (Wildman–Crippen MR) is 82.2 cm³/mol. The van der Waals surface area contributed by atoms with Crippen LogP contribution >= 0.6 is 0 Å². The first kappa shape index (κ1) is 14.6. The molecule has 0 aliphatic carbocycles. The topological polar surface area (TPSA) is 27.1 Å². The van der Waals surface area contributed by atoms with Gasteiger partial charge in [-0.3, -0.25) is 4.68 Å². The number of hydrogen-bond acceptors (Lipinski definition) is 2. The van der Waals surface area contributed by atoms with Crippen molar-refractivity contribution in [2.75, 3.05) is 0 Å². The molecule has 20 heavy (non-hydrogen) atoms. The van der Waals surface area contributed by atoms with Crippen LogP contribution in [0.1, 0.15) is 49.2 Å². The van der Waals surface area contributed by atoms with Crippen LogP contribution < -0.4 is 4.74 Å². The van der Waals surface area contributed by atoms with Gasteiger partial charge in [-0.2, -0.15) is 5.10 Å². The lowest BCUT2D eigenvalue weighted by Crippen LogP contribution is -2.04. The van der Waals surface area contributed by atoms with Crippen molar-refractivity contribution in [3.8, 4) is 5.75 Å². The molecular weight excluding hydrogens is 248 g/mol. The predicted octanol–water partition coefficient (Wildman–Crippen LogP) is 3.99. The van der Waals surface area contributed by atoms with Crippen molar-refractivity contribution >= 4 is 0 Å². The van der Waals surface area contributed by atoms with Gasteiger partial charge in [0.05, 0.1) is 11.4 Å². The van der Waals surface area contributed by atoms with Crippen molar-refractivity contribution in [3.05, 3.63) is 46.8 Å². The van der Waals surface area contributed by atoms with Crippen LogP contribution in [-0.4, -0.2) is 9.78 Å². The van der Waals surface area contributed by atoms with E-state index in [0.717, 1.165) is 23.6 Å². The highest BCUT2D eigenvalue weighted by Gasteiger charge is 2.08. The number of aryl methyl sites for hydroxylation is 3. The number of aromatic nitrogens is 2. The minimum atomic E-state index is 0.515. The Morgan fingerprint density at radius 3 is 2.60 bits per heavy atom. The molecular formula is C17H24N2O. The third-order valence-corrected chi connectivity index (χ3v) is 3.64. The lowest BCUT2D eigenvalue weighted by Gasteiger charge is -2.12. The Kier molecular flexibility index (Phi) is 4.48. The van der Waals surface area contributed by atoms with Crippen molar-refractivity contribution in [2.45, 2.75) is 46.6 Å². The number of nitrogens with zero attached hydrogens (tertiary/aromatic N) is 2. The van der Waals surface area contributed by atoms with E-state index in [1.807, 2.05) is 11.7 Å². The highest BCUT2D eigenvalue weighted by Crippen LogP contribution is 2.25. The molecule has 1 aromatic carbocycles. The second kappa shape index (κ2) is 6.12. The van der Waals surface area contributed by atoms with Gasteiger partial charge in [0.1, 0.15) is 12.4 Å². The Morgan fingerprint density at radius 2 is 2.00 bits per heavy atom. The zero-order valence-corrected chi connectivity index (χ0v) is 13.1. The molecule has 108 valence electrons. The van der Waals surface area contributed by atoms with Crippen LogP contribution in [0.3, 0.4) is 0 Å². The molecule has 0 saturated carbocycles. The van der Waals surface area contributed by atoms with Crippen molar-refractivity contribution < 1.29 is 4.74 Å². The minimum absolute atomic E-state index is 0.515. The Morgan fingerprint density at radius 1 is 1.25 bits per heavy atom. The smallest absolute Gasteiger partial charge is 0.130 e. The maximum Gasteiger partial charge on any atom is 0.130 e. The van der Waals surface area contributed by atoms with Gasteiger partial charge in [-0.1, -0.05) is 32.9 Å². The summed E-state index contributed by atoms with van der Waals surface area (Å²) in [6, 6.07) is 8.57. The van der Waals surface area contributed by atoms with E-state index in [9.17, 15) is 0 Å². The normalized spacial score (nSPS) is 11.1. The van der Waals surface area contributed by atoms with E-state index >= 15 is 0 Å². The van der Waals surface area contributed by atoms with E-state index < -0.39 is 0 Å². The molecule has 0 N–H and O–H groups in total. The minimum Gasteiger partial charge on any atom is -0.487 e. The molecule has 0 fully saturated rings. The summed E-state index contributed by atoms with van der Waals surface area (Å²) in [6.07, 6.45) is 0.954. The number of benzene rings is 1. The van der Waals surface area contributed by atoms with Crippen LogP contribution in [0.25, 0.3) is 0 Å². The molecule has 0 atom stereocenters. The Bertz CT molecular complexity index is 585. The van der Waals surface area contributed by atoms with Gasteiger partial charge < -0.3 is 4.74 Å². The molecule has 0 saturated heterocycles. The molecule has 0 aliphatic heterocycles.